The van der Waals surface area contributed by atoms with Crippen LogP contribution in [0.5, 0.6) is 6.01 Å². The van der Waals surface area contributed by atoms with E-state index in [0.29, 0.717) is 23.9 Å². The molecule has 4 aromatic rings. The molecule has 20 heteroatoms. The van der Waals surface area contributed by atoms with Gasteiger partial charge in [0.05, 0.1) is 5.54 Å². The van der Waals surface area contributed by atoms with Gasteiger partial charge in [0.15, 0.2) is 18.2 Å². The van der Waals surface area contributed by atoms with Crippen LogP contribution < -0.4 is 26.0 Å². The zero-order valence-electron chi connectivity index (χ0n) is 27.6. The zero-order valence-corrected chi connectivity index (χ0v) is 28.3. The van der Waals surface area contributed by atoms with Crippen molar-refractivity contribution in [3.8, 4) is 6.01 Å². The number of carboxylic acids is 1. The number of Topliss-reactive ketones (excluding diaryl/α,β-unsaturated/α-hetero) is 1. The van der Waals surface area contributed by atoms with Crippen LogP contribution in [0, 0.1) is 17.5 Å². The van der Waals surface area contributed by atoms with Gasteiger partial charge in [-0.15, -0.1) is 0 Å². The first kappa shape index (κ1) is 39.2. The van der Waals surface area contributed by atoms with Crippen LogP contribution in [0.4, 0.5) is 43.9 Å². The molecule has 0 bridgehead atoms. The molecule has 1 heterocycles. The highest BCUT2D eigenvalue weighted by molar-refractivity contribution is 6.36. The van der Waals surface area contributed by atoms with Gasteiger partial charge in [-0.3, -0.25) is 14.4 Å². The quantitative estimate of drug-likeness (QED) is 0.0570. The number of nitrogens with one attached hydrogen (secondary N) is 4. The summed E-state index contributed by atoms with van der Waals surface area (Å²) in [4.78, 5) is 61.1. The SMILES string of the molecule is O=C(Cc1cc(F)c(F)cc1F)C(=O)NCC[C@H](NC(=O)c1ccc(Nc2nc(NC3(c4ccc(Cl)cc4)CC3)nc(OCC(F)(F)F)n2)cc1)C(=O)O. The minimum absolute atomic E-state index is 0.00888. The number of hydrogen-bond acceptors (Lipinski definition) is 10. The first-order valence-corrected chi connectivity index (χ1v) is 16.2. The predicted molar refractivity (Wildman–Crippen MR) is 179 cm³/mol. The van der Waals surface area contributed by atoms with Gasteiger partial charge in [0, 0.05) is 35.3 Å². The van der Waals surface area contributed by atoms with Crippen LogP contribution in [0.2, 0.25) is 5.02 Å². The first-order chi connectivity index (χ1) is 25.5. The number of carbonyl (C=O) groups is 4. The van der Waals surface area contributed by atoms with E-state index in [1.54, 1.807) is 24.3 Å². The van der Waals surface area contributed by atoms with Crippen molar-refractivity contribution in [1.82, 2.24) is 25.6 Å². The Kier molecular flexibility index (Phi) is 11.9. The van der Waals surface area contributed by atoms with Crippen LogP contribution in [0.3, 0.4) is 0 Å². The average molecular weight is 780 g/mol. The fraction of sp³-hybridized carbons (Fsp3) is 0.265. The van der Waals surface area contributed by atoms with E-state index in [4.69, 9.17) is 16.3 Å². The molecule has 54 heavy (non-hydrogen) atoms. The number of alkyl halides is 3. The molecule has 0 saturated heterocycles. The molecule has 1 aliphatic carbocycles. The molecule has 1 fully saturated rings. The van der Waals surface area contributed by atoms with E-state index in [9.17, 15) is 50.6 Å². The molecule has 1 aromatic heterocycles. The lowest BCUT2D eigenvalue weighted by molar-refractivity contribution is -0.154. The highest BCUT2D eigenvalue weighted by Gasteiger charge is 2.45. The monoisotopic (exact) mass is 779 g/mol. The number of rotatable bonds is 16. The molecule has 0 unspecified atom stereocenters. The number of anilines is 3. The van der Waals surface area contributed by atoms with Crippen molar-refractivity contribution < 1.29 is 55.4 Å². The summed E-state index contributed by atoms with van der Waals surface area (Å²) in [6.45, 7) is -2.08. The molecular weight excluding hydrogens is 752 g/mol. The smallest absolute Gasteiger partial charge is 0.422 e. The number of ether oxygens (including phenoxy) is 1. The van der Waals surface area contributed by atoms with Crippen LogP contribution in [0.25, 0.3) is 0 Å². The second-order valence-electron chi connectivity index (χ2n) is 12.0. The van der Waals surface area contributed by atoms with E-state index >= 15 is 0 Å². The third kappa shape index (κ3) is 10.6. The lowest BCUT2D eigenvalue weighted by Gasteiger charge is -2.19. The largest absolute Gasteiger partial charge is 0.480 e. The minimum Gasteiger partial charge on any atom is -0.480 e. The van der Waals surface area contributed by atoms with Gasteiger partial charge in [0.1, 0.15) is 11.9 Å². The molecule has 284 valence electrons. The Hall–Kier alpha value is -5.98. The van der Waals surface area contributed by atoms with E-state index in [2.05, 4.69) is 36.2 Å². The lowest BCUT2D eigenvalue weighted by Crippen LogP contribution is -2.43. The summed E-state index contributed by atoms with van der Waals surface area (Å²) in [5.74, 6) is -9.16. The van der Waals surface area contributed by atoms with Crippen LogP contribution >= 0.6 is 11.6 Å². The number of hydrogen-bond donors (Lipinski definition) is 5. The van der Waals surface area contributed by atoms with Gasteiger partial charge in [-0.1, -0.05) is 23.7 Å². The van der Waals surface area contributed by atoms with Gasteiger partial charge in [-0.2, -0.15) is 28.1 Å². The third-order valence-corrected chi connectivity index (χ3v) is 8.15. The zero-order chi connectivity index (χ0) is 39.2. The molecule has 13 nitrogen and oxygen atoms in total. The molecule has 3 aromatic carbocycles. The van der Waals surface area contributed by atoms with Crippen molar-refractivity contribution in [2.45, 2.75) is 43.4 Å². The van der Waals surface area contributed by atoms with Crippen LogP contribution in [-0.4, -0.2) is 69.0 Å². The van der Waals surface area contributed by atoms with Gasteiger partial charge in [0.25, 0.3) is 11.8 Å². The van der Waals surface area contributed by atoms with Gasteiger partial charge < -0.3 is 31.1 Å². The molecule has 5 rings (SSSR count). The molecule has 5 N–H and O–H groups in total. The van der Waals surface area contributed by atoms with Crippen molar-refractivity contribution in [3.63, 3.8) is 0 Å². The van der Waals surface area contributed by atoms with Gasteiger partial charge in [-0.05, 0) is 72.9 Å². The van der Waals surface area contributed by atoms with E-state index in [0.717, 1.165) is 5.56 Å². The highest BCUT2D eigenvalue weighted by atomic mass is 35.5. The van der Waals surface area contributed by atoms with Crippen molar-refractivity contribution in [1.29, 1.82) is 0 Å². The maximum atomic E-state index is 13.8. The van der Waals surface area contributed by atoms with Crippen molar-refractivity contribution in [2.75, 3.05) is 23.8 Å². The molecule has 1 atom stereocenters. The van der Waals surface area contributed by atoms with Gasteiger partial charge in [-0.25, -0.2) is 18.0 Å². The maximum absolute atomic E-state index is 13.8. The van der Waals surface area contributed by atoms with Crippen molar-refractivity contribution >= 4 is 52.8 Å². The first-order valence-electron chi connectivity index (χ1n) is 15.9. The van der Waals surface area contributed by atoms with Crippen LogP contribution in [0.15, 0.2) is 60.7 Å². The normalized spacial score (nSPS) is 13.7. The summed E-state index contributed by atoms with van der Waals surface area (Å²) in [7, 11) is 0. The molecule has 1 aliphatic rings. The number of aliphatic carboxylic acids is 1. The van der Waals surface area contributed by atoms with Crippen molar-refractivity contribution in [2.24, 2.45) is 0 Å². The van der Waals surface area contributed by atoms with E-state index in [-0.39, 0.29) is 35.6 Å². The minimum atomic E-state index is -4.67. The summed E-state index contributed by atoms with van der Waals surface area (Å²) in [6.07, 6.45) is -4.59. The Morgan fingerprint density at radius 3 is 2.17 bits per heavy atom. The summed E-state index contributed by atoms with van der Waals surface area (Å²) in [6, 6.07) is 10.9. The number of aromatic nitrogens is 3. The number of amides is 2. The number of nitrogens with zero attached hydrogens (tertiary/aromatic N) is 3. The summed E-state index contributed by atoms with van der Waals surface area (Å²) >= 11 is 6.00. The Labute approximate surface area is 306 Å². The topological polar surface area (TPSA) is 185 Å². The van der Waals surface area contributed by atoms with Crippen LogP contribution in [-0.2, 0) is 26.3 Å². The van der Waals surface area contributed by atoms with E-state index < -0.39 is 89.9 Å². The molecule has 0 radical (unpaired) electrons. The fourth-order valence-electron chi connectivity index (χ4n) is 4.99. The standard InChI is InChI=1S/C34H28ClF6N7O6/c35-20-5-3-19(4-6-20)33(10-11-33)48-31-45-30(46-32(47-31)54-16-34(39,40)41)43-21-7-1-17(2-8-21)27(50)44-25(29(52)53)9-12-42-28(51)26(49)14-18-13-23(37)24(38)15-22(18)36/h1-8,13,15,25H,9-12,14,16H2,(H,42,51)(H,44,50)(H,52,53)(H2,43,45,46,47,48)/t25-/m0/s1. The van der Waals surface area contributed by atoms with Crippen LogP contribution in [0.1, 0.15) is 40.7 Å². The number of ketones is 1. The Morgan fingerprint density at radius 1 is 0.889 bits per heavy atom. The lowest BCUT2D eigenvalue weighted by atomic mass is 10.1. The Bertz CT molecular complexity index is 2050. The molecule has 1 saturated carbocycles. The second kappa shape index (κ2) is 16.4. The second-order valence-corrected chi connectivity index (χ2v) is 12.4. The number of carboxylic acid groups (broad SMARTS) is 1. The number of halogens is 7. The molecular formula is C34H28ClF6N7O6. The summed E-state index contributed by atoms with van der Waals surface area (Å²) in [5, 5.41) is 20.5. The maximum Gasteiger partial charge on any atom is 0.422 e. The Morgan fingerprint density at radius 2 is 1.54 bits per heavy atom. The fourth-order valence-corrected chi connectivity index (χ4v) is 5.11. The number of benzene rings is 3. The predicted octanol–water partition coefficient (Wildman–Crippen LogP) is 5.23. The summed E-state index contributed by atoms with van der Waals surface area (Å²) in [5.41, 5.74) is -0.0319. The van der Waals surface area contributed by atoms with E-state index in [1.165, 1.54) is 24.3 Å². The van der Waals surface area contributed by atoms with Gasteiger partial charge >= 0.3 is 18.2 Å². The van der Waals surface area contributed by atoms with Crippen molar-refractivity contribution in [3.05, 3.63) is 99.8 Å². The van der Waals surface area contributed by atoms with Gasteiger partial charge in [0.2, 0.25) is 17.7 Å². The molecule has 0 aliphatic heterocycles. The molecule has 2 amide bonds. The average Bonchev–Trinajstić information content (AvgIpc) is 3.89. The van der Waals surface area contributed by atoms with E-state index in [1.807, 2.05) is 0 Å². The number of carbonyl (C=O) groups excluding carboxylic acids is 3. The summed E-state index contributed by atoms with van der Waals surface area (Å²) < 4.78 is 83.9. The third-order valence-electron chi connectivity index (χ3n) is 7.90. The molecule has 0 spiro atoms. The Balaban J connectivity index is 1.19. The highest BCUT2D eigenvalue weighted by Crippen LogP contribution is 2.48.